The molecular weight excluding hydrogens is 376 g/mol. The SMILES string of the molecule is C/C(=C(\C)c1ccc(Cn2ccnc2)c(O)c1)c1ccc(Cn2ccnc2)c(O)c1. The van der Waals surface area contributed by atoms with Crippen molar-refractivity contribution in [1.82, 2.24) is 19.1 Å². The summed E-state index contributed by atoms with van der Waals surface area (Å²) in [5.74, 6) is 0.513. The Hall–Kier alpha value is -3.80. The average molecular weight is 400 g/mol. The van der Waals surface area contributed by atoms with Gasteiger partial charge in [0.25, 0.3) is 0 Å². The van der Waals surface area contributed by atoms with Gasteiger partial charge in [0.05, 0.1) is 25.7 Å². The van der Waals surface area contributed by atoms with E-state index >= 15 is 0 Å². The molecule has 0 bridgehead atoms. The van der Waals surface area contributed by atoms with E-state index in [9.17, 15) is 10.2 Å². The predicted molar refractivity (Wildman–Crippen MR) is 117 cm³/mol. The summed E-state index contributed by atoms with van der Waals surface area (Å²) < 4.78 is 3.83. The Morgan fingerprint density at radius 2 is 1.17 bits per heavy atom. The Morgan fingerprint density at radius 1 is 0.733 bits per heavy atom. The van der Waals surface area contributed by atoms with E-state index in [1.807, 2.05) is 59.6 Å². The lowest BCUT2D eigenvalue weighted by atomic mass is 9.95. The number of phenolic OH excluding ortho intramolecular Hbond substituents is 2. The van der Waals surface area contributed by atoms with Crippen molar-refractivity contribution < 1.29 is 10.2 Å². The standard InChI is InChI=1S/C24H24N4O2/c1-17(19-3-5-21(23(29)11-19)13-27-9-7-25-15-27)18(2)20-4-6-22(24(30)12-20)14-28-10-8-26-16-28/h3-12,15-16,29-30H,13-14H2,1-2H3/b18-17-. The van der Waals surface area contributed by atoms with Crippen LogP contribution in [-0.4, -0.2) is 29.3 Å². The molecule has 0 spiro atoms. The van der Waals surface area contributed by atoms with Gasteiger partial charge in [-0.2, -0.15) is 0 Å². The zero-order valence-corrected chi connectivity index (χ0v) is 17.0. The number of aromatic nitrogens is 4. The molecule has 0 aliphatic carbocycles. The van der Waals surface area contributed by atoms with Gasteiger partial charge in [-0.15, -0.1) is 0 Å². The smallest absolute Gasteiger partial charge is 0.121 e. The molecule has 6 nitrogen and oxygen atoms in total. The quantitative estimate of drug-likeness (QED) is 0.466. The van der Waals surface area contributed by atoms with Gasteiger partial charge >= 0.3 is 0 Å². The number of hydrogen-bond donors (Lipinski definition) is 2. The maximum absolute atomic E-state index is 10.5. The number of imidazole rings is 2. The molecular formula is C24H24N4O2. The first-order chi connectivity index (χ1) is 14.5. The maximum atomic E-state index is 10.5. The summed E-state index contributed by atoms with van der Waals surface area (Å²) >= 11 is 0. The summed E-state index contributed by atoms with van der Waals surface area (Å²) in [5, 5.41) is 21.0. The van der Waals surface area contributed by atoms with Crippen molar-refractivity contribution >= 4 is 11.1 Å². The van der Waals surface area contributed by atoms with Crippen LogP contribution in [0.5, 0.6) is 11.5 Å². The van der Waals surface area contributed by atoms with E-state index in [4.69, 9.17) is 0 Å². The van der Waals surface area contributed by atoms with Crippen molar-refractivity contribution in [3.05, 3.63) is 96.1 Å². The van der Waals surface area contributed by atoms with Crippen LogP contribution in [0.1, 0.15) is 36.1 Å². The highest BCUT2D eigenvalue weighted by Crippen LogP contribution is 2.31. The van der Waals surface area contributed by atoms with E-state index in [2.05, 4.69) is 9.97 Å². The molecule has 0 unspecified atom stereocenters. The molecule has 0 saturated carbocycles. The molecule has 2 aromatic heterocycles. The lowest BCUT2D eigenvalue weighted by molar-refractivity contribution is 0.465. The Kier molecular flexibility index (Phi) is 5.39. The van der Waals surface area contributed by atoms with E-state index < -0.39 is 0 Å². The van der Waals surface area contributed by atoms with Crippen LogP contribution in [0, 0.1) is 0 Å². The van der Waals surface area contributed by atoms with Gasteiger partial charge in [0.15, 0.2) is 0 Å². The van der Waals surface area contributed by atoms with E-state index in [1.165, 1.54) is 0 Å². The summed E-state index contributed by atoms with van der Waals surface area (Å²) in [4.78, 5) is 8.07. The lowest BCUT2D eigenvalue weighted by Gasteiger charge is -2.13. The van der Waals surface area contributed by atoms with E-state index in [1.54, 1.807) is 37.2 Å². The molecule has 152 valence electrons. The molecule has 6 heteroatoms. The summed E-state index contributed by atoms with van der Waals surface area (Å²) in [6.45, 7) is 5.19. The van der Waals surface area contributed by atoms with E-state index in [-0.39, 0.29) is 11.5 Å². The Bertz CT molecular complexity index is 1080. The second kappa shape index (κ2) is 8.29. The van der Waals surface area contributed by atoms with Crippen molar-refractivity contribution in [3.8, 4) is 11.5 Å². The Morgan fingerprint density at radius 3 is 1.50 bits per heavy atom. The lowest BCUT2D eigenvalue weighted by Crippen LogP contribution is -1.98. The van der Waals surface area contributed by atoms with Crippen LogP contribution in [0.2, 0.25) is 0 Å². The van der Waals surface area contributed by atoms with Crippen molar-refractivity contribution in [3.63, 3.8) is 0 Å². The van der Waals surface area contributed by atoms with Gasteiger partial charge in [-0.05, 0) is 48.3 Å². The Labute approximate surface area is 175 Å². The number of hydrogen-bond acceptors (Lipinski definition) is 4. The third kappa shape index (κ3) is 4.12. The van der Waals surface area contributed by atoms with Crippen LogP contribution in [0.3, 0.4) is 0 Å². The highest BCUT2D eigenvalue weighted by atomic mass is 16.3. The van der Waals surface area contributed by atoms with Crippen LogP contribution in [0.25, 0.3) is 11.1 Å². The van der Waals surface area contributed by atoms with E-state index in [0.29, 0.717) is 13.1 Å². The van der Waals surface area contributed by atoms with Gasteiger partial charge in [0.1, 0.15) is 11.5 Å². The van der Waals surface area contributed by atoms with Gasteiger partial charge in [-0.3, -0.25) is 0 Å². The predicted octanol–water partition coefficient (Wildman–Crippen LogP) is 4.54. The monoisotopic (exact) mass is 400 g/mol. The zero-order chi connectivity index (χ0) is 21.1. The summed E-state index contributed by atoms with van der Waals surface area (Å²) in [6, 6.07) is 11.5. The molecule has 0 aliphatic rings. The molecule has 0 saturated heterocycles. The number of rotatable bonds is 6. The molecule has 0 atom stereocenters. The number of phenols is 2. The Balaban J connectivity index is 1.58. The average Bonchev–Trinajstić information content (AvgIpc) is 3.44. The number of nitrogens with zero attached hydrogens (tertiary/aromatic N) is 4. The molecule has 2 aromatic carbocycles. The first-order valence-corrected chi connectivity index (χ1v) is 9.75. The molecule has 30 heavy (non-hydrogen) atoms. The second-order valence-corrected chi connectivity index (χ2v) is 7.41. The van der Waals surface area contributed by atoms with Crippen molar-refractivity contribution in [2.24, 2.45) is 0 Å². The number of aromatic hydroxyl groups is 2. The number of allylic oxidation sites excluding steroid dienone is 2. The maximum Gasteiger partial charge on any atom is 0.121 e. The minimum Gasteiger partial charge on any atom is -0.508 e. The summed E-state index contributed by atoms with van der Waals surface area (Å²) in [6.07, 6.45) is 10.6. The minimum atomic E-state index is 0.256. The first kappa shape index (κ1) is 19.5. The van der Waals surface area contributed by atoms with Crippen LogP contribution >= 0.6 is 0 Å². The first-order valence-electron chi connectivity index (χ1n) is 9.75. The normalized spacial score (nSPS) is 12.1. The fourth-order valence-corrected chi connectivity index (χ4v) is 3.45. The minimum absolute atomic E-state index is 0.256. The fourth-order valence-electron chi connectivity index (χ4n) is 3.45. The van der Waals surface area contributed by atoms with E-state index in [0.717, 1.165) is 33.4 Å². The highest BCUT2D eigenvalue weighted by Gasteiger charge is 2.10. The topological polar surface area (TPSA) is 76.1 Å². The third-order valence-electron chi connectivity index (χ3n) is 5.42. The van der Waals surface area contributed by atoms with Gasteiger partial charge in [0, 0.05) is 35.9 Å². The van der Waals surface area contributed by atoms with Crippen molar-refractivity contribution in [2.75, 3.05) is 0 Å². The summed E-state index contributed by atoms with van der Waals surface area (Å²) in [5.41, 5.74) is 5.65. The van der Waals surface area contributed by atoms with Crippen LogP contribution < -0.4 is 0 Å². The molecule has 4 aromatic rings. The van der Waals surface area contributed by atoms with Crippen LogP contribution in [0.15, 0.2) is 73.8 Å². The highest BCUT2D eigenvalue weighted by molar-refractivity contribution is 5.89. The molecule has 0 amide bonds. The molecule has 0 fully saturated rings. The van der Waals surface area contributed by atoms with Crippen molar-refractivity contribution in [1.29, 1.82) is 0 Å². The van der Waals surface area contributed by atoms with Gasteiger partial charge in [-0.25, -0.2) is 9.97 Å². The van der Waals surface area contributed by atoms with Gasteiger partial charge in [-0.1, -0.05) is 24.3 Å². The fraction of sp³-hybridized carbons (Fsp3) is 0.167. The molecule has 4 rings (SSSR count). The van der Waals surface area contributed by atoms with Gasteiger partial charge < -0.3 is 19.3 Å². The van der Waals surface area contributed by atoms with Crippen LogP contribution in [0.4, 0.5) is 0 Å². The third-order valence-corrected chi connectivity index (χ3v) is 5.42. The molecule has 0 aliphatic heterocycles. The van der Waals surface area contributed by atoms with Gasteiger partial charge in [0.2, 0.25) is 0 Å². The molecule has 2 heterocycles. The second-order valence-electron chi connectivity index (χ2n) is 7.41. The van der Waals surface area contributed by atoms with Crippen LogP contribution in [-0.2, 0) is 13.1 Å². The zero-order valence-electron chi connectivity index (χ0n) is 17.0. The van der Waals surface area contributed by atoms with Crippen molar-refractivity contribution in [2.45, 2.75) is 26.9 Å². The number of benzene rings is 2. The molecule has 2 N–H and O–H groups in total. The largest absolute Gasteiger partial charge is 0.508 e. The summed E-state index contributed by atoms with van der Waals surface area (Å²) in [7, 11) is 0. The molecule has 0 radical (unpaired) electrons.